The number of nitrogens with one attached hydrogen (secondary N) is 2. The van der Waals surface area contributed by atoms with E-state index in [0.717, 1.165) is 41.4 Å². The van der Waals surface area contributed by atoms with Gasteiger partial charge in [-0.3, -0.25) is 9.51 Å². The van der Waals surface area contributed by atoms with E-state index in [1.807, 2.05) is 6.26 Å². The van der Waals surface area contributed by atoms with Crippen LogP contribution in [0, 0.1) is 5.82 Å². The first-order valence-corrected chi connectivity index (χ1v) is 13.7. The van der Waals surface area contributed by atoms with Gasteiger partial charge in [0.05, 0.1) is 22.9 Å². The van der Waals surface area contributed by atoms with E-state index in [1.165, 1.54) is 35.6 Å². The summed E-state index contributed by atoms with van der Waals surface area (Å²) in [6, 6.07) is 9.37. The van der Waals surface area contributed by atoms with Crippen LogP contribution >= 0.6 is 23.1 Å². The van der Waals surface area contributed by atoms with E-state index in [9.17, 15) is 22.4 Å². The number of aromatic nitrogens is 3. The van der Waals surface area contributed by atoms with E-state index < -0.39 is 23.3 Å². The van der Waals surface area contributed by atoms with Crippen LogP contribution in [0.2, 0.25) is 0 Å². The van der Waals surface area contributed by atoms with Crippen LogP contribution in [0.15, 0.2) is 51.8 Å². The van der Waals surface area contributed by atoms with Crippen molar-refractivity contribution in [1.82, 2.24) is 20.4 Å². The zero-order valence-electron chi connectivity index (χ0n) is 20.5. The van der Waals surface area contributed by atoms with Gasteiger partial charge in [-0.2, -0.15) is 24.9 Å². The molecule has 2 N–H and O–H groups in total. The van der Waals surface area contributed by atoms with Gasteiger partial charge in [-0.05, 0) is 43.2 Å². The standard InChI is InChI=1S/C25H24F4N4O3S2/c1-36(17-8-9-18(19(26)12-17)22-32-24(34)35-33-22)14-21-20(13-30-10-3-11-37-2)31-23(38-21)15-4-6-16(7-5-15)25(27,28)29/h4-9,12,30H,3,10-11,13-14H2,1-2H3/p+1. The lowest BCUT2D eigenvalue weighted by Crippen LogP contribution is -2.17. The first kappa shape index (κ1) is 27.9. The van der Waals surface area contributed by atoms with Crippen molar-refractivity contribution < 1.29 is 26.5 Å². The molecule has 0 aliphatic carbocycles. The van der Waals surface area contributed by atoms with Crippen LogP contribution in [0.4, 0.5) is 17.6 Å². The summed E-state index contributed by atoms with van der Waals surface area (Å²) in [6.45, 7) is 1.61. The van der Waals surface area contributed by atoms with Crippen molar-refractivity contribution in [2.75, 3.05) is 25.7 Å². The normalized spacial score (nSPS) is 11.7. The van der Waals surface area contributed by atoms with Crippen molar-refractivity contribution in [3.8, 4) is 27.7 Å². The zero-order chi connectivity index (χ0) is 27.3. The van der Waals surface area contributed by atoms with E-state index in [-0.39, 0.29) is 11.4 Å². The van der Waals surface area contributed by atoms with Crippen molar-refractivity contribution in [1.29, 1.82) is 0 Å². The van der Waals surface area contributed by atoms with Gasteiger partial charge in [-0.15, -0.1) is 11.3 Å². The van der Waals surface area contributed by atoms with Gasteiger partial charge in [0.15, 0.2) is 12.9 Å². The Morgan fingerprint density at radius 3 is 2.58 bits per heavy atom. The molecule has 0 saturated heterocycles. The quantitative estimate of drug-likeness (QED) is 0.126. The molecule has 4 aromatic rings. The Morgan fingerprint density at radius 2 is 1.95 bits per heavy atom. The van der Waals surface area contributed by atoms with Crippen LogP contribution in [0.25, 0.3) is 22.0 Å². The van der Waals surface area contributed by atoms with Crippen molar-refractivity contribution in [3.63, 3.8) is 0 Å². The molecule has 0 aliphatic rings. The number of benzene rings is 2. The molecule has 202 valence electrons. The number of nitrogens with zero attached hydrogens (tertiary/aromatic N) is 2. The van der Waals surface area contributed by atoms with Crippen molar-refractivity contribution >= 4 is 23.1 Å². The third-order valence-corrected chi connectivity index (χ3v) is 7.43. The van der Waals surface area contributed by atoms with E-state index in [1.54, 1.807) is 24.9 Å². The number of aromatic amines is 1. The van der Waals surface area contributed by atoms with E-state index >= 15 is 0 Å². The van der Waals surface area contributed by atoms with Gasteiger partial charge in [0.1, 0.15) is 15.7 Å². The summed E-state index contributed by atoms with van der Waals surface area (Å²) >= 11 is 3.13. The largest absolute Gasteiger partial charge is 0.570 e. The van der Waals surface area contributed by atoms with E-state index in [4.69, 9.17) is 4.98 Å². The van der Waals surface area contributed by atoms with Gasteiger partial charge in [-0.25, -0.2) is 14.2 Å². The highest BCUT2D eigenvalue weighted by atomic mass is 32.2. The average molecular weight is 570 g/mol. The van der Waals surface area contributed by atoms with Gasteiger partial charge in [0, 0.05) is 18.2 Å². The van der Waals surface area contributed by atoms with Crippen LogP contribution in [0.3, 0.4) is 0 Å². The number of thioether (sulfide) groups is 1. The fourth-order valence-corrected chi connectivity index (χ4v) is 5.19. The number of halogens is 4. The molecule has 13 heteroatoms. The summed E-state index contributed by atoms with van der Waals surface area (Å²) in [7, 11) is 1.72. The third-order valence-electron chi connectivity index (χ3n) is 5.62. The summed E-state index contributed by atoms with van der Waals surface area (Å²) in [6.07, 6.45) is -1.38. The molecule has 7 nitrogen and oxygen atoms in total. The monoisotopic (exact) mass is 569 g/mol. The van der Waals surface area contributed by atoms with Crippen LogP contribution in [0.1, 0.15) is 22.6 Å². The molecule has 2 aromatic carbocycles. The second-order valence-electron chi connectivity index (χ2n) is 8.35. The summed E-state index contributed by atoms with van der Waals surface area (Å²) in [5, 5.41) is 7.48. The minimum absolute atomic E-state index is 0.00910. The van der Waals surface area contributed by atoms with Crippen molar-refractivity contribution in [2.45, 2.75) is 25.7 Å². The molecule has 0 fully saturated rings. The van der Waals surface area contributed by atoms with Crippen LogP contribution in [-0.2, 0) is 23.7 Å². The molecule has 4 rings (SSSR count). The molecule has 0 unspecified atom stereocenters. The van der Waals surface area contributed by atoms with E-state index in [0.29, 0.717) is 29.5 Å². The molecule has 0 amide bonds. The fraction of sp³-hybridized carbons (Fsp3) is 0.320. The molecule has 2 heterocycles. The maximum atomic E-state index is 14.8. The first-order valence-electron chi connectivity index (χ1n) is 11.5. The Hall–Kier alpha value is -3.16. The lowest BCUT2D eigenvalue weighted by Gasteiger charge is -2.19. The molecular formula is C25H25F4N4O3S2+. The van der Waals surface area contributed by atoms with E-state index in [2.05, 4.69) is 24.3 Å². The van der Waals surface area contributed by atoms with Crippen LogP contribution in [0.5, 0.6) is 5.75 Å². The van der Waals surface area contributed by atoms with Crippen molar-refractivity contribution in [3.05, 3.63) is 75.0 Å². The Balaban J connectivity index is 1.56. The number of hydrogen-bond donors (Lipinski definition) is 2. The van der Waals surface area contributed by atoms with Gasteiger partial charge in [0.25, 0.3) is 5.75 Å². The molecule has 0 atom stereocenters. The van der Waals surface area contributed by atoms with Crippen molar-refractivity contribution in [2.24, 2.45) is 0 Å². The lowest BCUT2D eigenvalue weighted by atomic mass is 10.1. The van der Waals surface area contributed by atoms with Gasteiger partial charge >= 0.3 is 11.9 Å². The molecule has 0 radical (unpaired) electrons. The highest BCUT2D eigenvalue weighted by Crippen LogP contribution is 2.36. The summed E-state index contributed by atoms with van der Waals surface area (Å²) in [5.74, 6) is 0.136. The van der Waals surface area contributed by atoms with Crippen LogP contribution in [-0.4, -0.2) is 40.8 Å². The van der Waals surface area contributed by atoms with Gasteiger partial charge < -0.3 is 9.68 Å². The number of rotatable bonds is 11. The summed E-state index contributed by atoms with van der Waals surface area (Å²) < 4.78 is 61.0. The third kappa shape index (κ3) is 6.83. The maximum absolute atomic E-state index is 14.8. The Morgan fingerprint density at radius 1 is 1.18 bits per heavy atom. The fourth-order valence-electron chi connectivity index (χ4n) is 3.64. The smallest absolute Gasteiger partial charge is 0.439 e. The molecule has 0 bridgehead atoms. The molecule has 0 spiro atoms. The number of thiazole rings is 1. The highest BCUT2D eigenvalue weighted by Gasteiger charge is 2.30. The minimum Gasteiger partial charge on any atom is -0.570 e. The Labute approximate surface area is 223 Å². The average Bonchev–Trinajstić information content (AvgIpc) is 3.49. The predicted octanol–water partition coefficient (Wildman–Crippen LogP) is 6.25. The molecule has 38 heavy (non-hydrogen) atoms. The second kappa shape index (κ2) is 12.1. The molecule has 0 aliphatic heterocycles. The highest BCUT2D eigenvalue weighted by molar-refractivity contribution is 7.98. The topological polar surface area (TPSA) is 86.5 Å². The lowest BCUT2D eigenvalue weighted by molar-refractivity contribution is -0.137. The summed E-state index contributed by atoms with van der Waals surface area (Å²) in [5.41, 5.74) is 0.725. The molecule has 2 aromatic heterocycles. The minimum atomic E-state index is -4.41. The summed E-state index contributed by atoms with van der Waals surface area (Å²) in [4.78, 5) is 19.1. The maximum Gasteiger partial charge on any atom is 0.439 e. The molecule has 0 saturated carbocycles. The van der Waals surface area contributed by atoms with Gasteiger partial charge in [0.2, 0.25) is 6.61 Å². The second-order valence-corrected chi connectivity index (χ2v) is 10.4. The number of H-pyrrole nitrogens is 1. The molecular weight excluding hydrogens is 544 g/mol. The predicted molar refractivity (Wildman–Crippen MR) is 140 cm³/mol. The Bertz CT molecular complexity index is 1420. The number of hydrogen-bond acceptors (Lipinski definition) is 7. The first-order chi connectivity index (χ1) is 18.2. The zero-order valence-corrected chi connectivity index (χ0v) is 22.2. The van der Waals surface area contributed by atoms with Crippen LogP contribution < -0.4 is 11.1 Å². The Kier molecular flexibility index (Phi) is 8.90. The SMILES string of the molecule is CSCCCNCc1nc(-c2ccc(C(F)(F)F)cc2)sc1C[O+](C)c1ccc(-c2noc(=O)[nH]2)c(F)c1. The van der Waals surface area contributed by atoms with Gasteiger partial charge in [-0.1, -0.05) is 17.3 Å². The number of alkyl halides is 3.